The van der Waals surface area contributed by atoms with E-state index in [4.69, 9.17) is 11.5 Å². The molecule has 0 saturated heterocycles. The highest BCUT2D eigenvalue weighted by Crippen LogP contribution is 2.56. The van der Waals surface area contributed by atoms with Crippen molar-refractivity contribution in [3.8, 4) is 0 Å². The van der Waals surface area contributed by atoms with E-state index in [0.717, 1.165) is 23.4 Å². The lowest BCUT2D eigenvalue weighted by atomic mass is 9.63. The summed E-state index contributed by atoms with van der Waals surface area (Å²) < 4.78 is 0. The minimum Gasteiger partial charge on any atom is -0.399 e. The maximum atomic E-state index is 6.32. The maximum Gasteiger partial charge on any atom is 0.0352 e. The maximum absolute atomic E-state index is 6.32. The molecule has 0 aliphatic heterocycles. The first-order valence-electron chi connectivity index (χ1n) is 7.93. The van der Waals surface area contributed by atoms with E-state index in [-0.39, 0.29) is 10.8 Å². The summed E-state index contributed by atoms with van der Waals surface area (Å²) in [6, 6.07) is 10.9. The van der Waals surface area contributed by atoms with Gasteiger partial charge in [0.15, 0.2) is 0 Å². The summed E-state index contributed by atoms with van der Waals surface area (Å²) in [5.74, 6) is 0. The topological polar surface area (TPSA) is 52.0 Å². The Morgan fingerprint density at radius 1 is 0.909 bits per heavy atom. The average Bonchev–Trinajstić information content (AvgIpc) is 2.63. The van der Waals surface area contributed by atoms with Crippen molar-refractivity contribution < 1.29 is 0 Å². The van der Waals surface area contributed by atoms with E-state index in [1.54, 1.807) is 0 Å². The van der Waals surface area contributed by atoms with Gasteiger partial charge in [-0.25, -0.2) is 0 Å². The molecule has 0 saturated carbocycles. The molecule has 2 nitrogen and oxygen atoms in total. The Morgan fingerprint density at radius 2 is 1.59 bits per heavy atom. The SMILES string of the molecule is Cc1cc(N)c2c(c1)C(C)(c1ccc(C)c(N)c1)C(C)(C)C2. The fourth-order valence-corrected chi connectivity index (χ4v) is 3.97. The Bertz CT molecular complexity index is 759. The Hall–Kier alpha value is -1.96. The summed E-state index contributed by atoms with van der Waals surface area (Å²) in [6.07, 6.45) is 0.999. The lowest BCUT2D eigenvalue weighted by Crippen LogP contribution is -2.36. The third kappa shape index (κ3) is 1.86. The van der Waals surface area contributed by atoms with Crippen LogP contribution in [0.25, 0.3) is 0 Å². The van der Waals surface area contributed by atoms with Gasteiger partial charge in [0.1, 0.15) is 0 Å². The summed E-state index contributed by atoms with van der Waals surface area (Å²) in [4.78, 5) is 0. The molecular weight excluding hydrogens is 268 g/mol. The zero-order valence-electron chi connectivity index (χ0n) is 14.2. The number of hydrogen-bond acceptors (Lipinski definition) is 2. The largest absolute Gasteiger partial charge is 0.399 e. The van der Waals surface area contributed by atoms with Crippen LogP contribution in [0, 0.1) is 19.3 Å². The molecule has 1 unspecified atom stereocenters. The summed E-state index contributed by atoms with van der Waals surface area (Å²) in [6.45, 7) is 11.2. The molecule has 116 valence electrons. The van der Waals surface area contributed by atoms with Crippen LogP contribution in [0.1, 0.15) is 48.6 Å². The molecule has 0 bridgehead atoms. The van der Waals surface area contributed by atoms with Gasteiger partial charge in [0.2, 0.25) is 0 Å². The molecule has 0 radical (unpaired) electrons. The molecule has 1 aliphatic rings. The van der Waals surface area contributed by atoms with Gasteiger partial charge < -0.3 is 11.5 Å². The molecule has 0 amide bonds. The molecule has 4 N–H and O–H groups in total. The number of anilines is 2. The fourth-order valence-electron chi connectivity index (χ4n) is 3.97. The van der Waals surface area contributed by atoms with Gasteiger partial charge in [0.05, 0.1) is 0 Å². The standard InChI is InChI=1S/C20H26N2/c1-12-8-16-15(18(22)9-12)11-19(3,4)20(16,5)14-7-6-13(2)17(21)10-14/h6-10H,11,21-22H2,1-5H3. The van der Waals surface area contributed by atoms with Crippen LogP contribution in [-0.4, -0.2) is 0 Å². The van der Waals surface area contributed by atoms with Gasteiger partial charge in [0, 0.05) is 16.8 Å². The van der Waals surface area contributed by atoms with Crippen LogP contribution < -0.4 is 11.5 Å². The van der Waals surface area contributed by atoms with Crippen molar-refractivity contribution in [2.24, 2.45) is 5.41 Å². The van der Waals surface area contributed by atoms with Crippen molar-refractivity contribution in [1.29, 1.82) is 0 Å². The van der Waals surface area contributed by atoms with Crippen molar-refractivity contribution in [3.63, 3.8) is 0 Å². The van der Waals surface area contributed by atoms with Crippen LogP contribution in [0.3, 0.4) is 0 Å². The van der Waals surface area contributed by atoms with E-state index < -0.39 is 0 Å². The van der Waals surface area contributed by atoms with Crippen molar-refractivity contribution in [2.45, 2.75) is 46.5 Å². The molecule has 1 aliphatic carbocycles. The van der Waals surface area contributed by atoms with Crippen LogP contribution in [0.15, 0.2) is 30.3 Å². The third-order valence-electron chi connectivity index (χ3n) is 5.80. The molecule has 2 aromatic carbocycles. The van der Waals surface area contributed by atoms with Crippen LogP contribution in [0.2, 0.25) is 0 Å². The molecule has 1 atom stereocenters. The van der Waals surface area contributed by atoms with E-state index in [0.29, 0.717) is 0 Å². The zero-order chi connectivity index (χ0) is 16.3. The van der Waals surface area contributed by atoms with Crippen LogP contribution >= 0.6 is 0 Å². The number of nitrogens with two attached hydrogens (primary N) is 2. The minimum atomic E-state index is -0.0791. The quantitative estimate of drug-likeness (QED) is 0.768. The highest BCUT2D eigenvalue weighted by molar-refractivity contribution is 5.63. The summed E-state index contributed by atoms with van der Waals surface area (Å²) >= 11 is 0. The first kappa shape index (κ1) is 15.0. The van der Waals surface area contributed by atoms with Gasteiger partial charge in [0.25, 0.3) is 0 Å². The van der Waals surface area contributed by atoms with E-state index in [1.807, 2.05) is 0 Å². The first-order chi connectivity index (χ1) is 10.2. The molecule has 3 rings (SSSR count). The number of hydrogen-bond donors (Lipinski definition) is 2. The van der Waals surface area contributed by atoms with Gasteiger partial charge in [-0.1, -0.05) is 39.0 Å². The number of benzene rings is 2. The lowest BCUT2D eigenvalue weighted by molar-refractivity contribution is 0.247. The number of aryl methyl sites for hydroxylation is 2. The second-order valence-corrected chi connectivity index (χ2v) is 7.64. The Balaban J connectivity index is 2.31. The van der Waals surface area contributed by atoms with Crippen LogP contribution in [0.5, 0.6) is 0 Å². The van der Waals surface area contributed by atoms with Crippen LogP contribution in [0.4, 0.5) is 11.4 Å². The predicted molar refractivity (Wildman–Crippen MR) is 95.1 cm³/mol. The van der Waals surface area contributed by atoms with Crippen molar-refractivity contribution >= 4 is 11.4 Å². The summed E-state index contributed by atoms with van der Waals surface area (Å²) in [7, 11) is 0. The van der Waals surface area contributed by atoms with E-state index in [2.05, 4.69) is 65.0 Å². The number of fused-ring (bicyclic) bond motifs is 1. The van der Waals surface area contributed by atoms with E-state index in [1.165, 1.54) is 22.3 Å². The minimum absolute atomic E-state index is 0.0791. The van der Waals surface area contributed by atoms with Crippen molar-refractivity contribution in [2.75, 3.05) is 11.5 Å². The molecule has 0 spiro atoms. The zero-order valence-corrected chi connectivity index (χ0v) is 14.2. The van der Waals surface area contributed by atoms with Gasteiger partial charge in [-0.2, -0.15) is 0 Å². The summed E-state index contributed by atoms with van der Waals surface area (Å²) in [5, 5.41) is 0. The van der Waals surface area contributed by atoms with Gasteiger partial charge in [-0.15, -0.1) is 0 Å². The van der Waals surface area contributed by atoms with Gasteiger partial charge in [-0.05, 0) is 65.6 Å². The smallest absolute Gasteiger partial charge is 0.0352 e. The highest BCUT2D eigenvalue weighted by Gasteiger charge is 2.50. The van der Waals surface area contributed by atoms with Crippen LogP contribution in [-0.2, 0) is 11.8 Å². The summed E-state index contributed by atoms with van der Waals surface area (Å²) in [5.41, 5.74) is 20.6. The molecule has 0 heterocycles. The van der Waals surface area contributed by atoms with E-state index in [9.17, 15) is 0 Å². The van der Waals surface area contributed by atoms with Crippen molar-refractivity contribution in [3.05, 3.63) is 58.1 Å². The molecule has 2 aromatic rings. The second-order valence-electron chi connectivity index (χ2n) is 7.64. The Labute approximate surface area is 133 Å². The molecule has 22 heavy (non-hydrogen) atoms. The first-order valence-corrected chi connectivity index (χ1v) is 7.93. The monoisotopic (exact) mass is 294 g/mol. The van der Waals surface area contributed by atoms with Gasteiger partial charge in [-0.3, -0.25) is 0 Å². The number of nitrogen functional groups attached to an aromatic ring is 2. The molecule has 0 aromatic heterocycles. The third-order valence-corrected chi connectivity index (χ3v) is 5.80. The number of rotatable bonds is 1. The normalized spacial score (nSPS) is 22.6. The molecule has 0 fully saturated rings. The lowest BCUT2D eigenvalue weighted by Gasteiger charge is -2.40. The average molecular weight is 294 g/mol. The van der Waals surface area contributed by atoms with E-state index >= 15 is 0 Å². The van der Waals surface area contributed by atoms with Crippen molar-refractivity contribution in [1.82, 2.24) is 0 Å². The second kappa shape index (κ2) is 4.52. The molecule has 2 heteroatoms. The highest BCUT2D eigenvalue weighted by atomic mass is 14.6. The fraction of sp³-hybridized carbons (Fsp3) is 0.400. The predicted octanol–water partition coefficient (Wildman–Crippen LogP) is 4.36. The van der Waals surface area contributed by atoms with Gasteiger partial charge >= 0.3 is 0 Å². The Kier molecular flexibility index (Phi) is 3.07. The Morgan fingerprint density at radius 3 is 2.23 bits per heavy atom. The molecular formula is C20H26N2.